The van der Waals surface area contributed by atoms with Crippen molar-refractivity contribution in [3.63, 3.8) is 0 Å². The molecule has 0 aromatic heterocycles. The highest BCUT2D eigenvalue weighted by atomic mass is 19.1. The Labute approximate surface area is 111 Å². The van der Waals surface area contributed by atoms with Gasteiger partial charge in [0.05, 0.1) is 19.3 Å². The van der Waals surface area contributed by atoms with E-state index >= 15 is 0 Å². The lowest BCUT2D eigenvalue weighted by Gasteiger charge is -2.32. The van der Waals surface area contributed by atoms with Crippen molar-refractivity contribution in [3.8, 4) is 0 Å². The van der Waals surface area contributed by atoms with Crippen LogP contribution in [-0.2, 0) is 25.6 Å². The van der Waals surface area contributed by atoms with E-state index in [1.165, 1.54) is 6.07 Å². The third-order valence-corrected chi connectivity index (χ3v) is 3.63. The first-order valence-electron chi connectivity index (χ1n) is 6.43. The molecule has 104 valence electrons. The first-order chi connectivity index (χ1) is 9.28. The number of rotatable bonds is 4. The van der Waals surface area contributed by atoms with Crippen LogP contribution in [0.4, 0.5) is 4.39 Å². The summed E-state index contributed by atoms with van der Waals surface area (Å²) >= 11 is 0. The van der Waals surface area contributed by atoms with Crippen molar-refractivity contribution in [2.45, 2.75) is 37.6 Å². The monoisotopic (exact) mass is 268 g/mol. The zero-order chi connectivity index (χ0) is 13.2. The molecule has 4 nitrogen and oxygen atoms in total. The van der Waals surface area contributed by atoms with Crippen LogP contribution in [0.1, 0.15) is 12.0 Å². The van der Waals surface area contributed by atoms with E-state index in [9.17, 15) is 4.39 Å². The van der Waals surface area contributed by atoms with Crippen molar-refractivity contribution in [1.29, 1.82) is 0 Å². The van der Waals surface area contributed by atoms with Crippen LogP contribution in [0.15, 0.2) is 24.3 Å². The fourth-order valence-electron chi connectivity index (χ4n) is 2.53. The zero-order valence-electron chi connectivity index (χ0n) is 10.8. The normalized spacial score (nSPS) is 33.6. The molecule has 0 N–H and O–H groups in total. The molecule has 5 heteroatoms. The van der Waals surface area contributed by atoms with Crippen LogP contribution in [0, 0.1) is 5.82 Å². The molecule has 4 atom stereocenters. The lowest BCUT2D eigenvalue weighted by molar-refractivity contribution is -0.205. The van der Waals surface area contributed by atoms with Gasteiger partial charge in [-0.15, -0.1) is 0 Å². The highest BCUT2D eigenvalue weighted by Gasteiger charge is 2.44. The average molecular weight is 268 g/mol. The quantitative estimate of drug-likeness (QED) is 0.835. The van der Waals surface area contributed by atoms with Crippen LogP contribution in [0.5, 0.6) is 0 Å². The fourth-order valence-corrected chi connectivity index (χ4v) is 2.53. The summed E-state index contributed by atoms with van der Waals surface area (Å²) < 4.78 is 35.8. The molecule has 0 spiro atoms. The van der Waals surface area contributed by atoms with Crippen molar-refractivity contribution < 1.29 is 23.3 Å². The van der Waals surface area contributed by atoms with Crippen LogP contribution in [0.25, 0.3) is 0 Å². The Balaban J connectivity index is 1.62. The highest BCUT2D eigenvalue weighted by Crippen LogP contribution is 2.31. The van der Waals surface area contributed by atoms with Gasteiger partial charge in [-0.25, -0.2) is 4.39 Å². The molecular formula is C14H17FO4. The SMILES string of the molecule is CO[C@H]1C[C@@H](OCc2ccccc2F)[C@@H]2OC[C@H]1O2. The summed E-state index contributed by atoms with van der Waals surface area (Å²) in [5.41, 5.74) is 0.539. The third kappa shape index (κ3) is 2.65. The number of hydrogen-bond donors (Lipinski definition) is 0. The van der Waals surface area contributed by atoms with Gasteiger partial charge in [0, 0.05) is 19.1 Å². The van der Waals surface area contributed by atoms with Crippen molar-refractivity contribution in [2.75, 3.05) is 13.7 Å². The number of benzene rings is 1. The molecule has 0 aliphatic carbocycles. The summed E-state index contributed by atoms with van der Waals surface area (Å²) in [6, 6.07) is 6.59. The van der Waals surface area contributed by atoms with Crippen molar-refractivity contribution in [1.82, 2.24) is 0 Å². The lowest BCUT2D eigenvalue weighted by atomic mass is 10.0. The molecule has 2 heterocycles. The summed E-state index contributed by atoms with van der Waals surface area (Å²) in [5, 5.41) is 0. The van der Waals surface area contributed by atoms with Crippen molar-refractivity contribution >= 4 is 0 Å². The second-order valence-electron chi connectivity index (χ2n) is 4.83. The smallest absolute Gasteiger partial charge is 0.184 e. The Morgan fingerprint density at radius 1 is 1.32 bits per heavy atom. The summed E-state index contributed by atoms with van der Waals surface area (Å²) in [5.74, 6) is -0.257. The van der Waals surface area contributed by atoms with E-state index < -0.39 is 0 Å². The van der Waals surface area contributed by atoms with E-state index in [2.05, 4.69) is 0 Å². The topological polar surface area (TPSA) is 36.9 Å². The van der Waals surface area contributed by atoms with E-state index in [4.69, 9.17) is 18.9 Å². The van der Waals surface area contributed by atoms with Gasteiger partial charge in [-0.3, -0.25) is 0 Å². The highest BCUT2D eigenvalue weighted by molar-refractivity contribution is 5.16. The van der Waals surface area contributed by atoms with Crippen LogP contribution in [-0.4, -0.2) is 38.3 Å². The van der Waals surface area contributed by atoms with Gasteiger partial charge in [-0.1, -0.05) is 18.2 Å². The first kappa shape index (κ1) is 13.0. The summed E-state index contributed by atoms with van der Waals surface area (Å²) in [6.45, 7) is 0.740. The van der Waals surface area contributed by atoms with E-state index in [1.54, 1.807) is 25.3 Å². The third-order valence-electron chi connectivity index (χ3n) is 3.63. The van der Waals surface area contributed by atoms with E-state index in [0.29, 0.717) is 18.6 Å². The van der Waals surface area contributed by atoms with E-state index in [0.717, 1.165) is 0 Å². The van der Waals surface area contributed by atoms with Gasteiger partial charge in [0.25, 0.3) is 0 Å². The van der Waals surface area contributed by atoms with Crippen LogP contribution in [0.2, 0.25) is 0 Å². The van der Waals surface area contributed by atoms with Crippen molar-refractivity contribution in [2.24, 2.45) is 0 Å². The van der Waals surface area contributed by atoms with Gasteiger partial charge in [-0.05, 0) is 6.07 Å². The minimum absolute atomic E-state index is 0.0108. The molecular weight excluding hydrogens is 251 g/mol. The molecule has 19 heavy (non-hydrogen) atoms. The van der Waals surface area contributed by atoms with Crippen LogP contribution in [0.3, 0.4) is 0 Å². The Bertz CT molecular complexity index is 439. The largest absolute Gasteiger partial charge is 0.379 e. The average Bonchev–Trinajstić information content (AvgIpc) is 2.85. The summed E-state index contributed by atoms with van der Waals surface area (Å²) in [7, 11) is 1.65. The van der Waals surface area contributed by atoms with Gasteiger partial charge in [0.2, 0.25) is 0 Å². The number of fused-ring (bicyclic) bond motifs is 2. The molecule has 2 bridgehead atoms. The van der Waals surface area contributed by atoms with Gasteiger partial charge < -0.3 is 18.9 Å². The summed E-state index contributed by atoms with van der Waals surface area (Å²) in [4.78, 5) is 0. The summed E-state index contributed by atoms with van der Waals surface area (Å²) in [6.07, 6.45) is 0.0967. The number of halogens is 1. The minimum Gasteiger partial charge on any atom is -0.379 e. The molecule has 2 fully saturated rings. The molecule has 1 aromatic carbocycles. The maximum absolute atomic E-state index is 13.5. The fraction of sp³-hybridized carbons (Fsp3) is 0.571. The van der Waals surface area contributed by atoms with E-state index in [-0.39, 0.29) is 37.0 Å². The van der Waals surface area contributed by atoms with Gasteiger partial charge >= 0.3 is 0 Å². The molecule has 0 radical (unpaired) electrons. The lowest BCUT2D eigenvalue weighted by Crippen LogP contribution is -2.44. The second kappa shape index (κ2) is 5.54. The molecule has 0 saturated carbocycles. The minimum atomic E-state index is -0.358. The van der Waals surface area contributed by atoms with Gasteiger partial charge in [0.1, 0.15) is 18.0 Å². The van der Waals surface area contributed by atoms with Crippen LogP contribution >= 0.6 is 0 Å². The maximum Gasteiger partial charge on any atom is 0.184 e. The Kier molecular flexibility index (Phi) is 3.79. The zero-order valence-corrected chi connectivity index (χ0v) is 10.8. The predicted molar refractivity (Wildman–Crippen MR) is 65.0 cm³/mol. The molecule has 2 aliphatic heterocycles. The maximum atomic E-state index is 13.5. The van der Waals surface area contributed by atoms with E-state index in [1.807, 2.05) is 0 Å². The molecule has 2 saturated heterocycles. The molecule has 3 rings (SSSR count). The number of hydrogen-bond acceptors (Lipinski definition) is 4. The molecule has 2 aliphatic rings. The van der Waals surface area contributed by atoms with Gasteiger partial charge in [0.15, 0.2) is 6.29 Å². The molecule has 1 aromatic rings. The Morgan fingerprint density at radius 3 is 2.95 bits per heavy atom. The molecule has 0 unspecified atom stereocenters. The second-order valence-corrected chi connectivity index (χ2v) is 4.83. The standard InChI is InChI=1S/C14H17FO4/c1-16-11-6-12(14-18-8-13(11)19-14)17-7-9-4-2-3-5-10(9)15/h2-5,11-14H,6-8H2,1H3/t11-,12+,13+,14+/m0/s1. The number of methoxy groups -OCH3 is 1. The van der Waals surface area contributed by atoms with Gasteiger partial charge in [-0.2, -0.15) is 0 Å². The first-order valence-corrected chi connectivity index (χ1v) is 6.43. The van der Waals surface area contributed by atoms with Crippen molar-refractivity contribution in [3.05, 3.63) is 35.6 Å². The Morgan fingerprint density at radius 2 is 2.16 bits per heavy atom. The van der Waals surface area contributed by atoms with Crippen LogP contribution < -0.4 is 0 Å². The Hall–Kier alpha value is -1.01. The molecule has 0 amide bonds. The number of ether oxygens (including phenoxy) is 4. The predicted octanol–water partition coefficient (Wildman–Crippen LogP) is 1.87.